The van der Waals surface area contributed by atoms with Gasteiger partial charge >= 0.3 is 0 Å². The summed E-state index contributed by atoms with van der Waals surface area (Å²) in [7, 11) is 4.04. The van der Waals surface area contributed by atoms with E-state index in [0.29, 0.717) is 0 Å². The molecule has 4 heteroatoms. The zero-order valence-corrected chi connectivity index (χ0v) is 13.3. The van der Waals surface area contributed by atoms with Crippen LogP contribution in [0.3, 0.4) is 0 Å². The van der Waals surface area contributed by atoms with Gasteiger partial charge in [0.2, 0.25) is 0 Å². The van der Waals surface area contributed by atoms with Crippen molar-refractivity contribution in [3.8, 4) is 0 Å². The van der Waals surface area contributed by atoms with E-state index in [9.17, 15) is 0 Å². The number of amidine groups is 1. The van der Waals surface area contributed by atoms with E-state index in [1.165, 1.54) is 30.5 Å². The molecule has 3 rings (SSSR count). The van der Waals surface area contributed by atoms with E-state index in [4.69, 9.17) is 4.99 Å². The molecule has 2 aromatic rings. The highest BCUT2D eigenvalue weighted by molar-refractivity contribution is 5.99. The molecule has 1 aromatic carbocycles. The van der Waals surface area contributed by atoms with Crippen molar-refractivity contribution in [2.45, 2.75) is 32.1 Å². The van der Waals surface area contributed by atoms with E-state index < -0.39 is 0 Å². The zero-order chi connectivity index (χ0) is 15.4. The van der Waals surface area contributed by atoms with Crippen molar-refractivity contribution in [3.63, 3.8) is 0 Å². The molecule has 22 heavy (non-hydrogen) atoms. The number of aromatic nitrogens is 2. The van der Waals surface area contributed by atoms with Crippen molar-refractivity contribution >= 4 is 11.7 Å². The van der Waals surface area contributed by atoms with Crippen molar-refractivity contribution in [2.24, 2.45) is 4.99 Å². The molecule has 114 valence electrons. The minimum absolute atomic E-state index is 0.833. The summed E-state index contributed by atoms with van der Waals surface area (Å²) in [5.74, 6) is 1.77. The van der Waals surface area contributed by atoms with Crippen LogP contribution in [0.15, 0.2) is 41.7 Å². The van der Waals surface area contributed by atoms with Gasteiger partial charge in [0, 0.05) is 30.9 Å². The first-order valence-corrected chi connectivity index (χ1v) is 7.90. The summed E-state index contributed by atoms with van der Waals surface area (Å²) in [6, 6.07) is 10.3. The van der Waals surface area contributed by atoms with Crippen LogP contribution in [0.1, 0.15) is 36.1 Å². The molecule has 0 bridgehead atoms. The number of benzene rings is 1. The lowest BCUT2D eigenvalue weighted by molar-refractivity contribution is 0.623. The number of fused-ring (bicyclic) bond motifs is 1. The summed E-state index contributed by atoms with van der Waals surface area (Å²) in [5, 5.41) is 0. The average molecular weight is 294 g/mol. The van der Waals surface area contributed by atoms with Crippen LogP contribution >= 0.6 is 0 Å². The van der Waals surface area contributed by atoms with Crippen LogP contribution in [0, 0.1) is 0 Å². The molecule has 0 radical (unpaired) electrons. The summed E-state index contributed by atoms with van der Waals surface area (Å²) in [5.41, 5.74) is 3.51. The second kappa shape index (κ2) is 6.69. The number of hydrogen-bond acceptors (Lipinski definition) is 3. The van der Waals surface area contributed by atoms with Gasteiger partial charge < -0.3 is 4.90 Å². The SMILES string of the molecule is CN(C)C(=Nc1ncnc2c1CCCCC2)c1ccccc1. The van der Waals surface area contributed by atoms with Crippen LogP contribution in [0.25, 0.3) is 0 Å². The van der Waals surface area contributed by atoms with Crippen LogP contribution in [-0.4, -0.2) is 34.8 Å². The van der Waals surface area contributed by atoms with Gasteiger partial charge in [0.1, 0.15) is 12.2 Å². The molecule has 0 N–H and O–H groups in total. The molecule has 1 aromatic heterocycles. The number of nitrogens with zero attached hydrogens (tertiary/aromatic N) is 4. The molecule has 0 atom stereocenters. The van der Waals surface area contributed by atoms with Crippen LogP contribution in [0.5, 0.6) is 0 Å². The van der Waals surface area contributed by atoms with Gasteiger partial charge in [0.25, 0.3) is 0 Å². The highest BCUT2D eigenvalue weighted by Crippen LogP contribution is 2.26. The predicted octanol–water partition coefficient (Wildman–Crippen LogP) is 3.39. The second-order valence-corrected chi connectivity index (χ2v) is 5.88. The minimum Gasteiger partial charge on any atom is -0.362 e. The molecule has 4 nitrogen and oxygen atoms in total. The quantitative estimate of drug-likeness (QED) is 0.484. The van der Waals surface area contributed by atoms with E-state index in [-0.39, 0.29) is 0 Å². The summed E-state index contributed by atoms with van der Waals surface area (Å²) in [6.07, 6.45) is 7.41. The van der Waals surface area contributed by atoms with Gasteiger partial charge in [-0.15, -0.1) is 0 Å². The maximum absolute atomic E-state index is 4.87. The number of hydrogen-bond donors (Lipinski definition) is 0. The highest BCUT2D eigenvalue weighted by Gasteiger charge is 2.15. The topological polar surface area (TPSA) is 41.4 Å². The lowest BCUT2D eigenvalue weighted by Crippen LogP contribution is -2.23. The Kier molecular flexibility index (Phi) is 4.47. The lowest BCUT2D eigenvalue weighted by atomic mass is 10.1. The van der Waals surface area contributed by atoms with Gasteiger partial charge in [0.15, 0.2) is 5.82 Å². The number of rotatable bonds is 2. The fraction of sp³-hybridized carbons (Fsp3) is 0.389. The number of aliphatic imine (C=N–C) groups is 1. The normalized spacial score (nSPS) is 15.1. The van der Waals surface area contributed by atoms with E-state index in [0.717, 1.165) is 30.1 Å². The van der Waals surface area contributed by atoms with E-state index >= 15 is 0 Å². The van der Waals surface area contributed by atoms with E-state index in [2.05, 4.69) is 22.1 Å². The number of aryl methyl sites for hydroxylation is 1. The monoisotopic (exact) mass is 294 g/mol. The molecule has 0 saturated carbocycles. The Hall–Kier alpha value is -2.23. The van der Waals surface area contributed by atoms with Gasteiger partial charge in [0.05, 0.1) is 0 Å². The third kappa shape index (κ3) is 3.16. The maximum Gasteiger partial charge on any atom is 0.161 e. The molecule has 1 aliphatic rings. The predicted molar refractivity (Wildman–Crippen MR) is 89.6 cm³/mol. The van der Waals surface area contributed by atoms with Gasteiger partial charge in [-0.05, 0) is 25.7 Å². The average Bonchev–Trinajstić information content (AvgIpc) is 2.79. The largest absolute Gasteiger partial charge is 0.362 e. The molecule has 0 fully saturated rings. The highest BCUT2D eigenvalue weighted by atomic mass is 15.2. The van der Waals surface area contributed by atoms with E-state index in [1.807, 2.05) is 37.2 Å². The first-order valence-electron chi connectivity index (χ1n) is 7.90. The second-order valence-electron chi connectivity index (χ2n) is 5.88. The summed E-state index contributed by atoms with van der Waals surface area (Å²) in [6.45, 7) is 0. The smallest absolute Gasteiger partial charge is 0.161 e. The molecular formula is C18H22N4. The van der Waals surface area contributed by atoms with Crippen molar-refractivity contribution in [2.75, 3.05) is 14.1 Å². The fourth-order valence-corrected chi connectivity index (χ4v) is 2.89. The third-order valence-electron chi connectivity index (χ3n) is 4.02. The van der Waals surface area contributed by atoms with Gasteiger partial charge in [-0.3, -0.25) is 0 Å². The molecule has 0 spiro atoms. The Morgan fingerprint density at radius 1 is 1.00 bits per heavy atom. The van der Waals surface area contributed by atoms with Crippen molar-refractivity contribution in [3.05, 3.63) is 53.5 Å². The third-order valence-corrected chi connectivity index (χ3v) is 4.02. The molecule has 0 amide bonds. The molecule has 0 unspecified atom stereocenters. The maximum atomic E-state index is 4.87. The van der Waals surface area contributed by atoms with Crippen molar-refractivity contribution in [1.82, 2.24) is 14.9 Å². The molecular weight excluding hydrogens is 272 g/mol. The summed E-state index contributed by atoms with van der Waals surface area (Å²) < 4.78 is 0. The Morgan fingerprint density at radius 3 is 2.55 bits per heavy atom. The summed E-state index contributed by atoms with van der Waals surface area (Å²) in [4.78, 5) is 15.8. The van der Waals surface area contributed by atoms with Crippen LogP contribution < -0.4 is 0 Å². The van der Waals surface area contributed by atoms with Crippen LogP contribution in [0.4, 0.5) is 5.82 Å². The lowest BCUT2D eigenvalue weighted by Gasteiger charge is -2.17. The zero-order valence-electron chi connectivity index (χ0n) is 13.3. The fourth-order valence-electron chi connectivity index (χ4n) is 2.89. The summed E-state index contributed by atoms with van der Waals surface area (Å²) >= 11 is 0. The Labute approximate surface area is 131 Å². The minimum atomic E-state index is 0.833. The molecule has 0 aliphatic heterocycles. The standard InChI is InChI=1S/C18H22N4/c1-22(2)18(14-9-5-3-6-10-14)21-17-15-11-7-4-8-12-16(15)19-13-20-17/h3,5-6,9-10,13H,4,7-8,11-12H2,1-2H3. The van der Waals surface area contributed by atoms with Crippen molar-refractivity contribution in [1.29, 1.82) is 0 Å². The van der Waals surface area contributed by atoms with Crippen LogP contribution in [0.2, 0.25) is 0 Å². The van der Waals surface area contributed by atoms with Crippen LogP contribution in [-0.2, 0) is 12.8 Å². The molecule has 1 aliphatic carbocycles. The Bertz CT molecular complexity index is 662. The molecule has 1 heterocycles. The first-order chi connectivity index (χ1) is 10.8. The first kappa shape index (κ1) is 14.7. The Morgan fingerprint density at radius 2 is 1.77 bits per heavy atom. The van der Waals surface area contributed by atoms with Gasteiger partial charge in [-0.2, -0.15) is 0 Å². The van der Waals surface area contributed by atoms with Crippen molar-refractivity contribution < 1.29 is 0 Å². The van der Waals surface area contributed by atoms with E-state index in [1.54, 1.807) is 6.33 Å². The Balaban J connectivity index is 2.06. The molecule has 0 saturated heterocycles. The van der Waals surface area contributed by atoms with Gasteiger partial charge in [-0.1, -0.05) is 36.8 Å². The van der Waals surface area contributed by atoms with Gasteiger partial charge in [-0.25, -0.2) is 15.0 Å².